The van der Waals surface area contributed by atoms with E-state index in [2.05, 4.69) is 20.7 Å². The number of hydrogen-bond acceptors (Lipinski definition) is 4. The molecule has 0 aliphatic heterocycles. The molecule has 0 unspecified atom stereocenters. The Balaban J connectivity index is 2.26. The van der Waals surface area contributed by atoms with E-state index in [1.165, 1.54) is 36.4 Å². The molecule has 2 rings (SSSR count). The Morgan fingerprint density at radius 3 is 2.30 bits per heavy atom. The molecule has 0 radical (unpaired) electrons. The quantitative estimate of drug-likeness (QED) is 0.672. The summed E-state index contributed by atoms with van der Waals surface area (Å²) in [6.07, 6.45) is 0. The van der Waals surface area contributed by atoms with Gasteiger partial charge in [0, 0.05) is 22.3 Å². The number of hydrogen-bond donors (Lipinski definition) is 1. The summed E-state index contributed by atoms with van der Waals surface area (Å²) in [5.74, 6) is 0. The van der Waals surface area contributed by atoms with Crippen LogP contribution in [0.5, 0.6) is 0 Å². The zero-order valence-corrected chi connectivity index (χ0v) is 12.4. The Morgan fingerprint density at radius 1 is 1.10 bits per heavy atom. The summed E-state index contributed by atoms with van der Waals surface area (Å²) in [5.41, 5.74) is 0.158. The van der Waals surface area contributed by atoms with E-state index >= 15 is 0 Å². The number of nitrogens with zero attached hydrogens (tertiary/aromatic N) is 1. The molecule has 8 heteroatoms. The molecule has 2 aromatic rings. The Kier molecular flexibility index (Phi) is 4.05. The van der Waals surface area contributed by atoms with Crippen molar-refractivity contribution >= 4 is 37.3 Å². The van der Waals surface area contributed by atoms with Crippen molar-refractivity contribution in [2.24, 2.45) is 0 Å². The van der Waals surface area contributed by atoms with Crippen molar-refractivity contribution in [2.45, 2.75) is 4.90 Å². The second-order valence-corrected chi connectivity index (χ2v) is 6.46. The second kappa shape index (κ2) is 5.59. The van der Waals surface area contributed by atoms with Crippen molar-refractivity contribution in [3.05, 3.63) is 63.1 Å². The van der Waals surface area contributed by atoms with Gasteiger partial charge in [0.25, 0.3) is 15.7 Å². The van der Waals surface area contributed by atoms with Crippen LogP contribution in [0, 0.1) is 10.1 Å². The maximum Gasteiger partial charge on any atom is 0.269 e. The molecule has 0 saturated carbocycles. The van der Waals surface area contributed by atoms with Gasteiger partial charge in [0.2, 0.25) is 0 Å². The van der Waals surface area contributed by atoms with Crippen molar-refractivity contribution in [1.82, 2.24) is 0 Å². The Hall–Kier alpha value is -1.93. The molecule has 0 aromatic heterocycles. The summed E-state index contributed by atoms with van der Waals surface area (Å²) in [7, 11) is -3.72. The van der Waals surface area contributed by atoms with Gasteiger partial charge in [-0.1, -0.05) is 22.0 Å². The predicted molar refractivity (Wildman–Crippen MR) is 78.0 cm³/mol. The monoisotopic (exact) mass is 356 g/mol. The number of halogens is 1. The van der Waals surface area contributed by atoms with Gasteiger partial charge < -0.3 is 0 Å². The number of nitro groups is 1. The van der Waals surface area contributed by atoms with Crippen LogP contribution < -0.4 is 4.72 Å². The van der Waals surface area contributed by atoms with E-state index in [1.54, 1.807) is 12.1 Å². The fourth-order valence-electron chi connectivity index (χ4n) is 1.50. The molecule has 104 valence electrons. The van der Waals surface area contributed by atoms with Gasteiger partial charge >= 0.3 is 0 Å². The van der Waals surface area contributed by atoms with Crippen molar-refractivity contribution in [1.29, 1.82) is 0 Å². The van der Waals surface area contributed by atoms with Crippen LogP contribution in [-0.2, 0) is 10.0 Å². The van der Waals surface area contributed by atoms with Crippen molar-refractivity contribution in [3.8, 4) is 0 Å². The third kappa shape index (κ3) is 3.34. The van der Waals surface area contributed by atoms with Gasteiger partial charge in [-0.15, -0.1) is 0 Å². The average Bonchev–Trinajstić information content (AvgIpc) is 2.39. The van der Waals surface area contributed by atoms with E-state index in [9.17, 15) is 18.5 Å². The van der Waals surface area contributed by atoms with Gasteiger partial charge in [0.15, 0.2) is 0 Å². The standard InChI is InChI=1S/C12H9BrN2O4S/c13-9-2-1-3-12(8-9)20(18,19)14-10-4-6-11(7-5-10)15(16)17/h1-8,14H. The SMILES string of the molecule is O=[N+]([O-])c1ccc(NS(=O)(=O)c2cccc(Br)c2)cc1. The normalized spacial score (nSPS) is 11.1. The van der Waals surface area contributed by atoms with E-state index < -0.39 is 14.9 Å². The number of nitro benzene ring substituents is 1. The minimum atomic E-state index is -3.72. The molecule has 2 aromatic carbocycles. The third-order valence-electron chi connectivity index (χ3n) is 2.44. The first kappa shape index (κ1) is 14.5. The maximum atomic E-state index is 12.1. The molecule has 0 fully saturated rings. The highest BCUT2D eigenvalue weighted by molar-refractivity contribution is 9.10. The lowest BCUT2D eigenvalue weighted by atomic mass is 10.3. The first-order valence-corrected chi connectivity index (χ1v) is 7.69. The number of nitrogens with one attached hydrogen (secondary N) is 1. The van der Waals surface area contributed by atoms with E-state index in [-0.39, 0.29) is 16.3 Å². The fraction of sp³-hybridized carbons (Fsp3) is 0. The minimum absolute atomic E-state index is 0.101. The van der Waals surface area contributed by atoms with Crippen molar-refractivity contribution < 1.29 is 13.3 Å². The van der Waals surface area contributed by atoms with Crippen molar-refractivity contribution in [2.75, 3.05) is 4.72 Å². The molecular formula is C12H9BrN2O4S. The van der Waals surface area contributed by atoms with E-state index in [1.807, 2.05) is 0 Å². The highest BCUT2D eigenvalue weighted by Gasteiger charge is 2.15. The topological polar surface area (TPSA) is 89.3 Å². The van der Waals surface area contributed by atoms with Gasteiger partial charge in [-0.2, -0.15) is 0 Å². The molecule has 0 aliphatic carbocycles. The van der Waals surface area contributed by atoms with E-state index in [0.29, 0.717) is 4.47 Å². The third-order valence-corrected chi connectivity index (χ3v) is 4.31. The molecule has 6 nitrogen and oxygen atoms in total. The van der Waals surface area contributed by atoms with Gasteiger partial charge in [-0.25, -0.2) is 8.42 Å². The maximum absolute atomic E-state index is 12.1. The lowest BCUT2D eigenvalue weighted by Gasteiger charge is -2.08. The van der Waals surface area contributed by atoms with Crippen LogP contribution >= 0.6 is 15.9 Å². The molecule has 0 spiro atoms. The molecule has 0 amide bonds. The minimum Gasteiger partial charge on any atom is -0.280 e. The van der Waals surface area contributed by atoms with Crippen LogP contribution in [0.4, 0.5) is 11.4 Å². The van der Waals surface area contributed by atoms with Crippen LogP contribution in [-0.4, -0.2) is 13.3 Å². The van der Waals surface area contributed by atoms with Crippen LogP contribution in [0.25, 0.3) is 0 Å². The van der Waals surface area contributed by atoms with Gasteiger partial charge in [0.05, 0.1) is 9.82 Å². The van der Waals surface area contributed by atoms with Gasteiger partial charge in [-0.05, 0) is 30.3 Å². The van der Waals surface area contributed by atoms with E-state index in [4.69, 9.17) is 0 Å². The summed E-state index contributed by atoms with van der Waals surface area (Å²) in [6, 6.07) is 11.4. The molecule has 0 bridgehead atoms. The molecule has 0 aliphatic rings. The smallest absolute Gasteiger partial charge is 0.269 e. The van der Waals surface area contributed by atoms with Gasteiger partial charge in [0.1, 0.15) is 0 Å². The number of sulfonamides is 1. The van der Waals surface area contributed by atoms with E-state index in [0.717, 1.165) is 0 Å². The summed E-state index contributed by atoms with van der Waals surface area (Å²) < 4.78 is 27.2. The Bertz CT molecular complexity index is 744. The summed E-state index contributed by atoms with van der Waals surface area (Å²) in [5, 5.41) is 10.5. The molecule has 0 heterocycles. The Morgan fingerprint density at radius 2 is 1.75 bits per heavy atom. The van der Waals surface area contributed by atoms with Crippen LogP contribution in [0.3, 0.4) is 0 Å². The number of non-ortho nitro benzene ring substituents is 1. The largest absolute Gasteiger partial charge is 0.280 e. The first-order chi connectivity index (χ1) is 9.38. The Labute approximate surface area is 123 Å². The first-order valence-electron chi connectivity index (χ1n) is 5.41. The second-order valence-electron chi connectivity index (χ2n) is 3.87. The highest BCUT2D eigenvalue weighted by atomic mass is 79.9. The molecule has 1 N–H and O–H groups in total. The lowest BCUT2D eigenvalue weighted by Crippen LogP contribution is -2.12. The van der Waals surface area contributed by atoms with Crippen molar-refractivity contribution in [3.63, 3.8) is 0 Å². The highest BCUT2D eigenvalue weighted by Crippen LogP contribution is 2.21. The molecule has 0 atom stereocenters. The molecule has 20 heavy (non-hydrogen) atoms. The zero-order valence-electron chi connectivity index (χ0n) is 9.99. The lowest BCUT2D eigenvalue weighted by molar-refractivity contribution is -0.384. The van der Waals surface area contributed by atoms with Crippen LogP contribution in [0.2, 0.25) is 0 Å². The van der Waals surface area contributed by atoms with Gasteiger partial charge in [-0.3, -0.25) is 14.8 Å². The average molecular weight is 357 g/mol. The number of anilines is 1. The zero-order chi connectivity index (χ0) is 14.8. The number of rotatable bonds is 4. The molecule has 0 saturated heterocycles. The van der Waals surface area contributed by atoms with Crippen LogP contribution in [0.1, 0.15) is 0 Å². The fourth-order valence-corrected chi connectivity index (χ4v) is 3.15. The predicted octanol–water partition coefficient (Wildman–Crippen LogP) is 3.16. The summed E-state index contributed by atoms with van der Waals surface area (Å²) in [6.45, 7) is 0. The molecular weight excluding hydrogens is 348 g/mol. The van der Waals surface area contributed by atoms with Crippen LogP contribution in [0.15, 0.2) is 57.9 Å². The number of benzene rings is 2. The summed E-state index contributed by atoms with van der Waals surface area (Å²) >= 11 is 3.20. The summed E-state index contributed by atoms with van der Waals surface area (Å²) in [4.78, 5) is 10.1.